The summed E-state index contributed by atoms with van der Waals surface area (Å²) < 4.78 is 6.40. The molecule has 8 nitrogen and oxygen atoms in total. The number of benzene rings is 1. The van der Waals surface area contributed by atoms with E-state index in [-0.39, 0.29) is 46.5 Å². The average Bonchev–Trinajstić information content (AvgIpc) is 3.04. The van der Waals surface area contributed by atoms with Crippen molar-refractivity contribution in [3.8, 4) is 0 Å². The Hall–Kier alpha value is -2.35. The number of nitro groups is 2. The second-order valence-corrected chi connectivity index (χ2v) is 9.95. The fourth-order valence-corrected chi connectivity index (χ4v) is 5.85. The SMILES string of the molecule is CC[C@]12CCC(=O)[C@@H](CC(c3cccc([N+](=O)[O-])c3)[N+](=O)[O-])[C@@H]1CC[C@@H]2OC(C)(C)C. The number of hydrogen-bond donors (Lipinski definition) is 0. The van der Waals surface area contributed by atoms with Crippen molar-refractivity contribution in [3.05, 3.63) is 50.1 Å². The smallest absolute Gasteiger partial charge is 0.269 e. The Bertz CT molecular complexity index is 864. The predicted octanol–water partition coefficient (Wildman–Crippen LogP) is 5.27. The average molecular weight is 433 g/mol. The van der Waals surface area contributed by atoms with Crippen LogP contribution in [0.1, 0.15) is 77.8 Å². The maximum Gasteiger partial charge on any atom is 0.269 e. The fourth-order valence-electron chi connectivity index (χ4n) is 5.85. The van der Waals surface area contributed by atoms with Gasteiger partial charge in [0.15, 0.2) is 0 Å². The molecule has 1 unspecified atom stereocenters. The second-order valence-electron chi connectivity index (χ2n) is 9.95. The van der Waals surface area contributed by atoms with E-state index in [2.05, 4.69) is 6.92 Å². The number of hydrogen-bond acceptors (Lipinski definition) is 6. The van der Waals surface area contributed by atoms with Crippen molar-refractivity contribution in [1.29, 1.82) is 0 Å². The molecule has 0 aromatic heterocycles. The Morgan fingerprint density at radius 2 is 1.94 bits per heavy atom. The van der Waals surface area contributed by atoms with E-state index in [1.165, 1.54) is 18.2 Å². The van der Waals surface area contributed by atoms with Gasteiger partial charge in [-0.15, -0.1) is 0 Å². The van der Waals surface area contributed by atoms with E-state index >= 15 is 0 Å². The monoisotopic (exact) mass is 432 g/mol. The molecule has 0 saturated heterocycles. The van der Waals surface area contributed by atoms with E-state index < -0.39 is 21.8 Å². The number of ketones is 1. The van der Waals surface area contributed by atoms with Crippen molar-refractivity contribution in [2.75, 3.05) is 0 Å². The summed E-state index contributed by atoms with van der Waals surface area (Å²) in [5.41, 5.74) is -0.359. The summed E-state index contributed by atoms with van der Waals surface area (Å²) in [4.78, 5) is 35.1. The molecule has 3 rings (SSSR count). The normalized spacial score (nSPS) is 29.4. The Labute approximate surface area is 182 Å². The number of Topliss-reactive ketones (excluding diaryl/α,β-unsaturated/α-hetero) is 1. The molecule has 5 atom stereocenters. The van der Waals surface area contributed by atoms with E-state index in [9.17, 15) is 25.0 Å². The second kappa shape index (κ2) is 8.65. The summed E-state index contributed by atoms with van der Waals surface area (Å²) in [6, 6.07) is 4.43. The molecular formula is C23H32N2O6. The van der Waals surface area contributed by atoms with Crippen LogP contribution in [0.5, 0.6) is 0 Å². The topological polar surface area (TPSA) is 113 Å². The van der Waals surface area contributed by atoms with Crippen LogP contribution in [0.4, 0.5) is 5.69 Å². The van der Waals surface area contributed by atoms with Crippen LogP contribution in [0.2, 0.25) is 0 Å². The predicted molar refractivity (Wildman–Crippen MR) is 115 cm³/mol. The van der Waals surface area contributed by atoms with E-state index in [1.54, 1.807) is 6.07 Å². The third kappa shape index (κ3) is 4.63. The van der Waals surface area contributed by atoms with Crippen molar-refractivity contribution in [1.82, 2.24) is 0 Å². The van der Waals surface area contributed by atoms with Crippen molar-refractivity contribution in [2.24, 2.45) is 17.3 Å². The van der Waals surface area contributed by atoms with Crippen molar-refractivity contribution in [3.63, 3.8) is 0 Å². The molecule has 2 fully saturated rings. The first-order chi connectivity index (χ1) is 14.5. The van der Waals surface area contributed by atoms with Gasteiger partial charge in [-0.05, 0) is 52.4 Å². The number of nitrogens with zero attached hydrogens (tertiary/aromatic N) is 2. The van der Waals surface area contributed by atoms with Gasteiger partial charge in [0.25, 0.3) is 5.69 Å². The molecule has 170 valence electrons. The lowest BCUT2D eigenvalue weighted by Crippen LogP contribution is -2.48. The molecule has 1 aromatic carbocycles. The molecule has 0 amide bonds. The van der Waals surface area contributed by atoms with E-state index in [0.29, 0.717) is 6.42 Å². The molecule has 0 heterocycles. The fraction of sp³-hybridized carbons (Fsp3) is 0.696. The standard InChI is InChI=1S/C23H32N2O6/c1-5-23-12-11-20(26)17(18(23)9-10-21(23)31-22(2,3)4)14-19(25(29)30)15-7-6-8-16(13-15)24(27)28/h6-8,13,17-19,21H,5,9-12,14H2,1-4H3/t17-,18-,19?,21-,23-/m0/s1. The third-order valence-electron chi connectivity index (χ3n) is 7.21. The van der Waals surface area contributed by atoms with Gasteiger partial charge in [0.1, 0.15) is 5.78 Å². The van der Waals surface area contributed by atoms with Crippen LogP contribution in [0, 0.1) is 37.5 Å². The van der Waals surface area contributed by atoms with Gasteiger partial charge in [0.2, 0.25) is 6.04 Å². The highest BCUT2D eigenvalue weighted by Gasteiger charge is 2.57. The number of carbonyl (C=O) groups is 1. The third-order valence-corrected chi connectivity index (χ3v) is 7.21. The summed E-state index contributed by atoms with van der Waals surface area (Å²) in [5.74, 6) is -0.327. The van der Waals surface area contributed by atoms with E-state index in [4.69, 9.17) is 4.74 Å². The summed E-state index contributed by atoms with van der Waals surface area (Å²) >= 11 is 0. The lowest BCUT2D eigenvalue weighted by Gasteiger charge is -2.47. The largest absolute Gasteiger partial charge is 0.372 e. The van der Waals surface area contributed by atoms with Gasteiger partial charge >= 0.3 is 0 Å². The molecule has 0 radical (unpaired) electrons. The first-order valence-corrected chi connectivity index (χ1v) is 11.1. The Morgan fingerprint density at radius 3 is 2.52 bits per heavy atom. The molecule has 2 aliphatic rings. The maximum absolute atomic E-state index is 13.0. The van der Waals surface area contributed by atoms with Gasteiger partial charge in [-0.1, -0.05) is 19.1 Å². The van der Waals surface area contributed by atoms with Crippen molar-refractivity contribution < 1.29 is 19.4 Å². The van der Waals surface area contributed by atoms with Gasteiger partial charge in [-0.2, -0.15) is 0 Å². The first-order valence-electron chi connectivity index (χ1n) is 11.1. The van der Waals surface area contributed by atoms with Crippen LogP contribution in [-0.2, 0) is 9.53 Å². The molecule has 8 heteroatoms. The van der Waals surface area contributed by atoms with E-state index in [1.807, 2.05) is 20.8 Å². The summed E-state index contributed by atoms with van der Waals surface area (Å²) in [6.45, 7) is 8.20. The quantitative estimate of drug-likeness (QED) is 0.428. The molecule has 0 bridgehead atoms. The highest BCUT2D eigenvalue weighted by Crippen LogP contribution is 2.58. The minimum Gasteiger partial charge on any atom is -0.372 e. The van der Waals surface area contributed by atoms with Gasteiger partial charge in [0.05, 0.1) is 16.6 Å². The highest BCUT2D eigenvalue weighted by molar-refractivity contribution is 5.82. The lowest BCUT2D eigenvalue weighted by molar-refractivity contribution is -0.531. The number of nitro benzene ring substituents is 1. The Balaban J connectivity index is 1.91. The molecule has 1 aromatic rings. The molecule has 31 heavy (non-hydrogen) atoms. The van der Waals surface area contributed by atoms with Crippen LogP contribution < -0.4 is 0 Å². The van der Waals surface area contributed by atoms with Crippen molar-refractivity contribution in [2.45, 2.75) is 84.0 Å². The Kier molecular flexibility index (Phi) is 6.51. The summed E-state index contributed by atoms with van der Waals surface area (Å²) in [6.07, 6.45) is 3.78. The molecule has 2 saturated carbocycles. The Morgan fingerprint density at radius 1 is 1.23 bits per heavy atom. The first kappa shape index (κ1) is 23.3. The van der Waals surface area contributed by atoms with Crippen LogP contribution in [0.15, 0.2) is 24.3 Å². The van der Waals surface area contributed by atoms with Gasteiger partial charge in [-0.25, -0.2) is 0 Å². The van der Waals surface area contributed by atoms with Crippen molar-refractivity contribution >= 4 is 11.5 Å². The van der Waals surface area contributed by atoms with Crippen LogP contribution in [-0.4, -0.2) is 27.3 Å². The molecule has 2 aliphatic carbocycles. The molecule has 0 aliphatic heterocycles. The van der Waals surface area contributed by atoms with Gasteiger partial charge < -0.3 is 4.74 Å². The minimum absolute atomic E-state index is 0.0324. The summed E-state index contributed by atoms with van der Waals surface area (Å²) in [7, 11) is 0. The van der Waals surface area contributed by atoms with Gasteiger partial charge in [-0.3, -0.25) is 25.0 Å². The van der Waals surface area contributed by atoms with Crippen LogP contribution >= 0.6 is 0 Å². The maximum atomic E-state index is 13.0. The van der Waals surface area contributed by atoms with Crippen LogP contribution in [0.3, 0.4) is 0 Å². The van der Waals surface area contributed by atoms with Crippen LogP contribution in [0.25, 0.3) is 0 Å². The zero-order chi connectivity index (χ0) is 23.0. The number of fused-ring (bicyclic) bond motifs is 1. The zero-order valence-electron chi connectivity index (χ0n) is 18.7. The molecule has 0 N–H and O–H groups in total. The van der Waals surface area contributed by atoms with Gasteiger partial charge in [0, 0.05) is 46.8 Å². The number of rotatable bonds is 7. The molecule has 0 spiro atoms. The molecular weight excluding hydrogens is 400 g/mol. The zero-order valence-corrected chi connectivity index (χ0v) is 18.7. The number of carbonyl (C=O) groups excluding carboxylic acids is 1. The summed E-state index contributed by atoms with van der Waals surface area (Å²) in [5, 5.41) is 23.1. The number of ether oxygens (including phenoxy) is 1. The highest BCUT2D eigenvalue weighted by atomic mass is 16.6. The minimum atomic E-state index is -1.15. The number of non-ortho nitro benzene ring substituents is 1. The van der Waals surface area contributed by atoms with E-state index in [0.717, 1.165) is 25.7 Å². The lowest BCUT2D eigenvalue weighted by atomic mass is 9.59.